The molecule has 1 amide bonds. The van der Waals surface area contributed by atoms with Crippen molar-refractivity contribution in [2.24, 2.45) is 5.92 Å². The zero-order valence-electron chi connectivity index (χ0n) is 13.7. The van der Waals surface area contributed by atoms with Crippen molar-refractivity contribution >= 4 is 27.8 Å². The number of halogens is 1. The number of hydrogen-bond donors (Lipinski definition) is 2. The summed E-state index contributed by atoms with van der Waals surface area (Å²) < 4.78 is 2.42. The van der Waals surface area contributed by atoms with E-state index in [0.717, 1.165) is 10.2 Å². The maximum absolute atomic E-state index is 12.4. The molecule has 0 aliphatic carbocycles. The first kappa shape index (κ1) is 18.1. The minimum Gasteiger partial charge on any atom is -0.480 e. The fourth-order valence-electron chi connectivity index (χ4n) is 2.31. The molecular weight excluding hydrogens is 376 g/mol. The third kappa shape index (κ3) is 4.19. The summed E-state index contributed by atoms with van der Waals surface area (Å²) in [7, 11) is 0. The smallest absolute Gasteiger partial charge is 0.326 e. The lowest BCUT2D eigenvalue weighted by Gasteiger charge is -2.15. The zero-order valence-corrected chi connectivity index (χ0v) is 15.2. The first-order chi connectivity index (χ1) is 11.3. The van der Waals surface area contributed by atoms with Gasteiger partial charge in [-0.25, -0.2) is 9.48 Å². The number of aromatic nitrogens is 3. The third-order valence-electron chi connectivity index (χ3n) is 3.47. The normalized spacial score (nSPS) is 12.2. The lowest BCUT2D eigenvalue weighted by atomic mass is 10.0. The molecule has 1 heterocycles. The molecule has 0 bridgehead atoms. The van der Waals surface area contributed by atoms with Crippen molar-refractivity contribution < 1.29 is 14.7 Å². The Kier molecular flexibility index (Phi) is 5.71. The number of nitrogens with zero attached hydrogens (tertiary/aromatic N) is 3. The monoisotopic (exact) mass is 394 g/mol. The fourth-order valence-corrected chi connectivity index (χ4v) is 2.70. The summed E-state index contributed by atoms with van der Waals surface area (Å²) in [5.41, 5.74) is 1.41. The minimum atomic E-state index is -1.06. The Morgan fingerprint density at radius 1 is 1.38 bits per heavy atom. The Morgan fingerprint density at radius 2 is 2.08 bits per heavy atom. The van der Waals surface area contributed by atoms with Crippen molar-refractivity contribution in [3.63, 3.8) is 0 Å². The maximum Gasteiger partial charge on any atom is 0.326 e. The number of amides is 1. The van der Waals surface area contributed by atoms with Gasteiger partial charge in [0.15, 0.2) is 5.69 Å². The van der Waals surface area contributed by atoms with E-state index in [2.05, 4.69) is 31.6 Å². The molecule has 2 N–H and O–H groups in total. The fraction of sp³-hybridized carbons (Fsp3) is 0.375. The molecule has 24 heavy (non-hydrogen) atoms. The van der Waals surface area contributed by atoms with Gasteiger partial charge in [-0.1, -0.05) is 41.1 Å². The van der Waals surface area contributed by atoms with Gasteiger partial charge in [-0.2, -0.15) is 0 Å². The van der Waals surface area contributed by atoms with Gasteiger partial charge in [0.1, 0.15) is 6.04 Å². The lowest BCUT2D eigenvalue weighted by Crippen LogP contribution is -2.42. The van der Waals surface area contributed by atoms with Crippen LogP contribution in [-0.4, -0.2) is 38.0 Å². The van der Waals surface area contributed by atoms with E-state index in [1.54, 1.807) is 6.92 Å². The second kappa shape index (κ2) is 7.57. The van der Waals surface area contributed by atoms with Crippen LogP contribution in [0, 0.1) is 12.8 Å². The number of carbonyl (C=O) groups excluding carboxylic acids is 1. The molecule has 0 unspecified atom stereocenters. The van der Waals surface area contributed by atoms with Crippen LogP contribution in [-0.2, 0) is 4.79 Å². The van der Waals surface area contributed by atoms with Crippen LogP contribution in [0.4, 0.5) is 0 Å². The molecule has 2 rings (SSSR count). The summed E-state index contributed by atoms with van der Waals surface area (Å²) in [5.74, 6) is -1.46. The average molecular weight is 395 g/mol. The molecule has 0 aliphatic rings. The Bertz CT molecular complexity index is 758. The molecule has 1 atom stereocenters. The predicted molar refractivity (Wildman–Crippen MR) is 92.1 cm³/mol. The van der Waals surface area contributed by atoms with E-state index in [9.17, 15) is 14.7 Å². The number of nitrogens with one attached hydrogen (secondary N) is 1. The largest absolute Gasteiger partial charge is 0.480 e. The minimum absolute atomic E-state index is 0.116. The van der Waals surface area contributed by atoms with Crippen LogP contribution in [0.15, 0.2) is 28.7 Å². The lowest BCUT2D eigenvalue weighted by molar-refractivity contribution is -0.139. The van der Waals surface area contributed by atoms with Gasteiger partial charge in [0.2, 0.25) is 0 Å². The van der Waals surface area contributed by atoms with E-state index in [4.69, 9.17) is 0 Å². The SMILES string of the molecule is Cc1c(C(=O)N[C@H](CC(C)C)C(=O)O)nnn1-c1cccc(Br)c1. The summed E-state index contributed by atoms with van der Waals surface area (Å²) >= 11 is 3.39. The molecule has 7 nitrogen and oxygen atoms in total. The van der Waals surface area contributed by atoms with Gasteiger partial charge in [-0.3, -0.25) is 4.79 Å². The van der Waals surface area contributed by atoms with Crippen molar-refractivity contribution in [1.82, 2.24) is 20.3 Å². The second-order valence-corrected chi connectivity index (χ2v) is 6.82. The van der Waals surface area contributed by atoms with Crippen LogP contribution in [0.25, 0.3) is 5.69 Å². The highest BCUT2D eigenvalue weighted by atomic mass is 79.9. The maximum atomic E-state index is 12.4. The van der Waals surface area contributed by atoms with Crippen molar-refractivity contribution in [1.29, 1.82) is 0 Å². The second-order valence-electron chi connectivity index (χ2n) is 5.91. The Morgan fingerprint density at radius 3 is 2.67 bits per heavy atom. The molecular formula is C16H19BrN4O3. The van der Waals surface area contributed by atoms with E-state index >= 15 is 0 Å². The number of benzene rings is 1. The predicted octanol–water partition coefficient (Wildman–Crippen LogP) is 2.57. The van der Waals surface area contributed by atoms with Crippen LogP contribution >= 0.6 is 15.9 Å². The highest BCUT2D eigenvalue weighted by Gasteiger charge is 2.25. The van der Waals surface area contributed by atoms with Gasteiger partial charge >= 0.3 is 5.97 Å². The van der Waals surface area contributed by atoms with E-state index in [0.29, 0.717) is 12.1 Å². The number of hydrogen-bond acceptors (Lipinski definition) is 4. The molecule has 8 heteroatoms. The highest BCUT2D eigenvalue weighted by Crippen LogP contribution is 2.17. The van der Waals surface area contributed by atoms with Crippen molar-refractivity contribution in [2.45, 2.75) is 33.2 Å². The quantitative estimate of drug-likeness (QED) is 0.784. The number of carbonyl (C=O) groups is 2. The molecule has 128 valence electrons. The average Bonchev–Trinajstić information content (AvgIpc) is 2.87. The molecule has 0 saturated heterocycles. The summed E-state index contributed by atoms with van der Waals surface area (Å²) in [4.78, 5) is 23.7. The van der Waals surface area contributed by atoms with Crippen LogP contribution < -0.4 is 5.32 Å². The molecule has 1 aromatic heterocycles. The van der Waals surface area contributed by atoms with Crippen molar-refractivity contribution in [3.8, 4) is 5.69 Å². The number of aliphatic carboxylic acids is 1. The molecule has 2 aromatic rings. The van der Waals surface area contributed by atoms with Gasteiger partial charge < -0.3 is 10.4 Å². The summed E-state index contributed by atoms with van der Waals surface area (Å²) in [6, 6.07) is 6.47. The van der Waals surface area contributed by atoms with E-state index in [1.807, 2.05) is 38.1 Å². The van der Waals surface area contributed by atoms with Gasteiger partial charge in [0.25, 0.3) is 5.91 Å². The molecule has 0 saturated carbocycles. The Labute approximate surface area is 148 Å². The van der Waals surface area contributed by atoms with Crippen LogP contribution in [0.1, 0.15) is 36.5 Å². The first-order valence-corrected chi connectivity index (χ1v) is 8.30. The first-order valence-electron chi connectivity index (χ1n) is 7.51. The van der Waals surface area contributed by atoms with E-state index < -0.39 is 17.9 Å². The number of rotatable bonds is 6. The third-order valence-corrected chi connectivity index (χ3v) is 3.97. The Balaban J connectivity index is 2.23. The number of carboxylic acid groups (broad SMARTS) is 1. The number of carboxylic acids is 1. The summed E-state index contributed by atoms with van der Waals surface area (Å²) in [5, 5.41) is 19.7. The molecule has 0 fully saturated rings. The molecule has 0 radical (unpaired) electrons. The summed E-state index contributed by atoms with van der Waals surface area (Å²) in [6.07, 6.45) is 0.347. The van der Waals surface area contributed by atoms with E-state index in [1.165, 1.54) is 4.68 Å². The van der Waals surface area contributed by atoms with Crippen molar-refractivity contribution in [3.05, 3.63) is 40.1 Å². The van der Waals surface area contributed by atoms with Gasteiger partial charge in [0.05, 0.1) is 11.4 Å². The van der Waals surface area contributed by atoms with Gasteiger partial charge in [0, 0.05) is 4.47 Å². The molecule has 0 aliphatic heterocycles. The molecule has 1 aromatic carbocycles. The van der Waals surface area contributed by atoms with E-state index in [-0.39, 0.29) is 11.6 Å². The topological polar surface area (TPSA) is 97.1 Å². The Hall–Kier alpha value is -2.22. The molecule has 0 spiro atoms. The highest BCUT2D eigenvalue weighted by molar-refractivity contribution is 9.10. The van der Waals surface area contributed by atoms with Crippen LogP contribution in [0.2, 0.25) is 0 Å². The van der Waals surface area contributed by atoms with Gasteiger partial charge in [-0.05, 0) is 37.5 Å². The zero-order chi connectivity index (χ0) is 17.9. The van der Waals surface area contributed by atoms with Crippen LogP contribution in [0.3, 0.4) is 0 Å². The van der Waals surface area contributed by atoms with Crippen LogP contribution in [0.5, 0.6) is 0 Å². The standard InChI is InChI=1S/C16H19BrN4O3/c1-9(2)7-13(16(23)24)18-15(22)14-10(3)21(20-19-14)12-6-4-5-11(17)8-12/h4-6,8-9,13H,7H2,1-3H3,(H,18,22)(H,23,24)/t13-/m1/s1. The summed E-state index contributed by atoms with van der Waals surface area (Å²) in [6.45, 7) is 5.52. The van der Waals surface area contributed by atoms with Gasteiger partial charge in [-0.15, -0.1) is 5.10 Å². The van der Waals surface area contributed by atoms with Crippen molar-refractivity contribution in [2.75, 3.05) is 0 Å².